The Balaban J connectivity index is 0.647. The van der Waals surface area contributed by atoms with Crippen LogP contribution in [-0.4, -0.2) is 123 Å². The van der Waals surface area contributed by atoms with Gasteiger partial charge in [0.05, 0.1) is 61.7 Å². The van der Waals surface area contributed by atoms with Crippen LogP contribution >= 0.6 is 0 Å². The van der Waals surface area contributed by atoms with Gasteiger partial charge in [-0.3, -0.25) is 29.8 Å². The van der Waals surface area contributed by atoms with E-state index in [9.17, 15) is 9.59 Å². The number of benzene rings is 2. The highest BCUT2D eigenvalue weighted by Gasteiger charge is 2.27. The van der Waals surface area contributed by atoms with Gasteiger partial charge >= 0.3 is 0 Å². The van der Waals surface area contributed by atoms with Crippen molar-refractivity contribution in [3.63, 3.8) is 0 Å². The van der Waals surface area contributed by atoms with Gasteiger partial charge in [-0.1, -0.05) is 12.1 Å². The Bertz CT molecular complexity index is 3530. The number of morpholine rings is 2. The van der Waals surface area contributed by atoms with E-state index >= 15 is 0 Å². The van der Waals surface area contributed by atoms with Crippen molar-refractivity contribution in [1.29, 1.82) is 0 Å². The minimum absolute atomic E-state index is 0.104. The molecule has 2 aromatic carbocycles. The first kappa shape index (κ1) is 44.0. The minimum Gasteiger partial charge on any atom is -0.378 e. The van der Waals surface area contributed by atoms with Gasteiger partial charge < -0.3 is 39.9 Å². The van der Waals surface area contributed by atoms with Crippen molar-refractivity contribution in [3.8, 4) is 45.2 Å². The predicted octanol–water partition coefficient (Wildman–Crippen LogP) is 6.31. The monoisotopic (exact) mass is 959 g/mol. The summed E-state index contributed by atoms with van der Waals surface area (Å²) in [6.07, 6.45) is 8.27. The molecule has 1 unspecified atom stereocenters. The number of pyridine rings is 2. The number of nitrogens with one attached hydrogen (secondary N) is 6. The van der Waals surface area contributed by atoms with E-state index in [1.807, 2.05) is 84.9 Å². The molecular weight excluding hydrogens is 915 g/mol. The van der Waals surface area contributed by atoms with Crippen LogP contribution in [0, 0.1) is 0 Å². The third-order valence-electron chi connectivity index (χ3n) is 12.6. The lowest BCUT2D eigenvalue weighted by atomic mass is 10.1. The van der Waals surface area contributed by atoms with E-state index in [4.69, 9.17) is 24.4 Å². The molecule has 2 fully saturated rings. The number of imidazole rings is 1. The first-order chi connectivity index (χ1) is 35.4. The highest BCUT2D eigenvalue weighted by atomic mass is 16.5. The summed E-state index contributed by atoms with van der Waals surface area (Å²) in [4.78, 5) is 69.0. The molecule has 1 atom stereocenters. The molecule has 0 bridgehead atoms. The molecule has 8 aromatic heterocycles. The summed E-state index contributed by atoms with van der Waals surface area (Å²) < 4.78 is 11.7. The molecule has 21 heteroatoms. The number of amides is 2. The Morgan fingerprint density at radius 1 is 0.639 bits per heavy atom. The van der Waals surface area contributed by atoms with Crippen LogP contribution in [0.4, 0.5) is 23.0 Å². The highest BCUT2D eigenvalue weighted by molar-refractivity contribution is 5.95. The third kappa shape index (κ3) is 9.31. The van der Waals surface area contributed by atoms with E-state index < -0.39 is 0 Å². The number of aromatic nitrogens is 13. The second-order valence-electron chi connectivity index (χ2n) is 17.4. The largest absolute Gasteiger partial charge is 0.378 e. The summed E-state index contributed by atoms with van der Waals surface area (Å²) in [6.45, 7) is 4.44. The normalized spacial score (nSPS) is 15.0. The zero-order chi connectivity index (χ0) is 48.4. The number of hydrogen-bond acceptors (Lipinski definition) is 15. The summed E-state index contributed by atoms with van der Waals surface area (Å²) in [5, 5.41) is 21.6. The van der Waals surface area contributed by atoms with Gasteiger partial charge in [0.2, 0.25) is 11.8 Å². The molecule has 2 aliphatic heterocycles. The number of ether oxygens (including phenoxy) is 2. The van der Waals surface area contributed by atoms with Gasteiger partial charge in [0.15, 0.2) is 17.0 Å². The minimum atomic E-state index is -0.302. The number of nitrogens with zero attached hydrogens (tertiary/aromatic N) is 11. The van der Waals surface area contributed by atoms with Gasteiger partial charge in [0, 0.05) is 83.4 Å². The average Bonchev–Trinajstić information content (AvgIpc) is 4.27. The maximum absolute atomic E-state index is 13.1. The molecule has 0 aliphatic carbocycles. The first-order valence-corrected chi connectivity index (χ1v) is 23.4. The Morgan fingerprint density at radius 2 is 1.29 bits per heavy atom. The number of fused-ring (bicyclic) bond motifs is 2. The molecule has 72 heavy (non-hydrogen) atoms. The number of hydrogen-bond donors (Lipinski definition) is 6. The van der Waals surface area contributed by atoms with E-state index in [1.165, 1.54) is 0 Å². The molecule has 0 spiro atoms. The molecular formula is C51H45N17O4. The molecule has 2 amide bonds. The SMILES string of the molecule is O=C(Cc1cc(-c2cccnc2)n[nH]1)Nc1ccc(-c2cc3c(N4CCOC(c5ccc(-c6cc(CC(=O)Nc7ccc(-c8nc9c(N%10CCOCC%10)ncnc9[nH]8)cc7)[nH]n6)cn5)C4)ncnc3[nH]2)cc1. The number of carbonyl (C=O) groups is 2. The fourth-order valence-electron chi connectivity index (χ4n) is 8.98. The fourth-order valence-corrected chi connectivity index (χ4v) is 8.98. The second-order valence-corrected chi connectivity index (χ2v) is 17.4. The zero-order valence-corrected chi connectivity index (χ0v) is 38.5. The lowest BCUT2D eigenvalue weighted by Crippen LogP contribution is -2.39. The average molecular weight is 960 g/mol. The van der Waals surface area contributed by atoms with Crippen molar-refractivity contribution in [1.82, 2.24) is 65.3 Å². The predicted molar refractivity (Wildman–Crippen MR) is 269 cm³/mol. The van der Waals surface area contributed by atoms with Crippen molar-refractivity contribution in [3.05, 3.63) is 139 Å². The van der Waals surface area contributed by atoms with Crippen molar-refractivity contribution in [2.24, 2.45) is 0 Å². The van der Waals surface area contributed by atoms with Gasteiger partial charge in [-0.25, -0.2) is 24.9 Å². The van der Waals surface area contributed by atoms with E-state index in [2.05, 4.69) is 76.8 Å². The smallest absolute Gasteiger partial charge is 0.230 e. The third-order valence-corrected chi connectivity index (χ3v) is 12.6. The molecule has 10 heterocycles. The summed E-state index contributed by atoms with van der Waals surface area (Å²) in [5.74, 6) is 1.90. The molecule has 0 radical (unpaired) electrons. The maximum atomic E-state index is 13.1. The zero-order valence-electron chi connectivity index (χ0n) is 38.5. The van der Waals surface area contributed by atoms with Crippen molar-refractivity contribution in [2.75, 3.05) is 66.4 Å². The number of anilines is 4. The molecule has 21 nitrogen and oxygen atoms in total. The van der Waals surface area contributed by atoms with Gasteiger partial charge in [0.1, 0.15) is 36.0 Å². The first-order valence-electron chi connectivity index (χ1n) is 23.4. The van der Waals surface area contributed by atoms with Crippen molar-refractivity contribution >= 4 is 57.0 Å². The standard InChI is InChI=1S/C51H45N17O4/c69-44(22-36-20-41(65-63-36)32-2-1-13-52-25-32)58-34-8-3-30(4-9-34)40-24-38-48(60-40)54-28-56-50(38)68-16-19-72-43(27-68)39-12-7-33(26-53-39)42-21-37(64-66-42)23-45(70)59-35-10-5-31(6-11-35)47-61-46-49(62-47)55-29-57-51(46)67-14-17-71-18-15-67/h1-13,20-21,24-26,28-29,43H,14-19,22-23,27H2,(H,58,69)(H,59,70)(H,63,65)(H,64,66)(H,54,56,60)(H,55,57,61,62). The van der Waals surface area contributed by atoms with Crippen molar-refractivity contribution < 1.29 is 19.1 Å². The van der Waals surface area contributed by atoms with Gasteiger partial charge in [-0.2, -0.15) is 10.2 Å². The Kier molecular flexibility index (Phi) is 11.8. The van der Waals surface area contributed by atoms with E-state index in [0.717, 1.165) is 69.4 Å². The van der Waals surface area contributed by atoms with E-state index in [-0.39, 0.29) is 30.8 Å². The second kappa shape index (κ2) is 19.3. The maximum Gasteiger partial charge on any atom is 0.230 e. The summed E-state index contributed by atoms with van der Waals surface area (Å²) >= 11 is 0. The Labute approximate surface area is 409 Å². The Morgan fingerprint density at radius 3 is 1.97 bits per heavy atom. The quantitative estimate of drug-likeness (QED) is 0.0740. The van der Waals surface area contributed by atoms with Crippen LogP contribution in [-0.2, 0) is 31.9 Å². The van der Waals surface area contributed by atoms with Crippen LogP contribution in [0.25, 0.3) is 67.4 Å². The summed E-state index contributed by atoms with van der Waals surface area (Å²) in [7, 11) is 0. The Hall–Kier alpha value is -9.21. The lowest BCUT2D eigenvalue weighted by Gasteiger charge is -2.33. The van der Waals surface area contributed by atoms with Crippen LogP contribution in [0.3, 0.4) is 0 Å². The van der Waals surface area contributed by atoms with Crippen LogP contribution in [0.1, 0.15) is 23.2 Å². The van der Waals surface area contributed by atoms with E-state index in [1.54, 1.807) is 31.2 Å². The van der Waals surface area contributed by atoms with Gasteiger partial charge in [-0.05, 0) is 84.4 Å². The van der Waals surface area contributed by atoms with E-state index in [0.29, 0.717) is 84.0 Å². The molecule has 12 rings (SSSR count). The molecule has 10 aromatic rings. The number of H-pyrrole nitrogens is 4. The molecule has 2 aliphatic rings. The molecule has 2 saturated heterocycles. The van der Waals surface area contributed by atoms with Gasteiger partial charge in [-0.15, -0.1) is 0 Å². The van der Waals surface area contributed by atoms with Crippen LogP contribution < -0.4 is 20.4 Å². The fraction of sp³-hybridized carbons (Fsp3) is 0.196. The number of aromatic amines is 4. The summed E-state index contributed by atoms with van der Waals surface area (Å²) in [5.41, 5.74) is 11.3. The summed E-state index contributed by atoms with van der Waals surface area (Å²) in [6, 6.07) is 28.6. The lowest BCUT2D eigenvalue weighted by molar-refractivity contribution is -0.116. The highest BCUT2D eigenvalue weighted by Crippen LogP contribution is 2.33. The number of carbonyl (C=O) groups excluding carboxylic acids is 2. The topological polar surface area (TPSA) is 262 Å². The van der Waals surface area contributed by atoms with Crippen LogP contribution in [0.2, 0.25) is 0 Å². The number of rotatable bonds is 13. The molecule has 0 saturated carbocycles. The van der Waals surface area contributed by atoms with Crippen LogP contribution in [0.5, 0.6) is 0 Å². The van der Waals surface area contributed by atoms with Crippen LogP contribution in [0.15, 0.2) is 122 Å². The molecule has 358 valence electrons. The molecule has 6 N–H and O–H groups in total. The van der Waals surface area contributed by atoms with Crippen molar-refractivity contribution in [2.45, 2.75) is 18.9 Å². The van der Waals surface area contributed by atoms with Gasteiger partial charge in [0.25, 0.3) is 0 Å².